The van der Waals surface area contributed by atoms with E-state index < -0.39 is 5.82 Å². The maximum absolute atomic E-state index is 14.0. The van der Waals surface area contributed by atoms with Crippen molar-refractivity contribution in [3.63, 3.8) is 0 Å². The summed E-state index contributed by atoms with van der Waals surface area (Å²) in [7, 11) is 0. The Kier molecular flexibility index (Phi) is 6.29. The van der Waals surface area contributed by atoms with Crippen LogP contribution in [0.15, 0.2) is 82.7 Å². The third kappa shape index (κ3) is 4.66. The molecule has 1 N–H and O–H groups in total. The zero-order chi connectivity index (χ0) is 23.5. The number of ether oxygens (including phenoxy) is 1. The number of rotatable bonds is 7. The number of nitrogens with one attached hydrogen (secondary N) is 1. The lowest BCUT2D eigenvalue weighted by atomic mass is 10.2. The Balaban J connectivity index is 1.43. The second-order valence-electron chi connectivity index (χ2n) is 7.25. The Morgan fingerprint density at radius 1 is 1.03 bits per heavy atom. The summed E-state index contributed by atoms with van der Waals surface area (Å²) in [5.74, 6) is 1.02. The first kappa shape index (κ1) is 22.1. The van der Waals surface area contributed by atoms with E-state index in [4.69, 9.17) is 16.3 Å². The molecule has 7 nitrogen and oxygen atoms in total. The number of hydrogen-bond acceptors (Lipinski definition) is 6. The molecule has 34 heavy (non-hydrogen) atoms. The Hall–Kier alpha value is -3.69. The second-order valence-corrected chi connectivity index (χ2v) is 8.63. The van der Waals surface area contributed by atoms with Crippen LogP contribution in [0.5, 0.6) is 5.75 Å². The van der Waals surface area contributed by atoms with Gasteiger partial charge in [-0.2, -0.15) is 0 Å². The summed E-state index contributed by atoms with van der Waals surface area (Å²) in [5.41, 5.74) is 1.12. The first-order valence-electron chi connectivity index (χ1n) is 10.3. The monoisotopic (exact) mass is 493 g/mol. The van der Waals surface area contributed by atoms with Crippen LogP contribution in [0, 0.1) is 5.82 Å². The van der Waals surface area contributed by atoms with Gasteiger partial charge in [0.1, 0.15) is 12.4 Å². The Bertz CT molecular complexity index is 1520. The third-order valence-corrected chi connectivity index (χ3v) is 6.14. The summed E-state index contributed by atoms with van der Waals surface area (Å²) >= 11 is 7.41. The van der Waals surface area contributed by atoms with Gasteiger partial charge >= 0.3 is 0 Å². The molecule has 0 bridgehead atoms. The van der Waals surface area contributed by atoms with Gasteiger partial charge in [0.05, 0.1) is 16.7 Å². The van der Waals surface area contributed by atoms with Crippen molar-refractivity contribution < 1.29 is 9.13 Å². The number of hydrogen-bond donors (Lipinski definition) is 1. The van der Waals surface area contributed by atoms with Gasteiger partial charge in [0.25, 0.3) is 5.56 Å². The molecule has 0 saturated heterocycles. The zero-order valence-corrected chi connectivity index (χ0v) is 19.2. The molecule has 0 fully saturated rings. The SMILES string of the molecule is O=c1[nH]c(CSc2nnc(COc3ccccc3F)n2-c2ccccc2)nc2cc(Cl)ccc12. The smallest absolute Gasteiger partial charge is 0.258 e. The van der Waals surface area contributed by atoms with Crippen molar-refractivity contribution in [2.24, 2.45) is 0 Å². The molecule has 0 radical (unpaired) electrons. The van der Waals surface area contributed by atoms with E-state index in [0.29, 0.717) is 38.5 Å². The summed E-state index contributed by atoms with van der Waals surface area (Å²) < 4.78 is 21.5. The first-order valence-corrected chi connectivity index (χ1v) is 11.6. The molecule has 2 heterocycles. The van der Waals surface area contributed by atoms with Gasteiger partial charge in [0.2, 0.25) is 0 Å². The summed E-state index contributed by atoms with van der Waals surface area (Å²) in [6.07, 6.45) is 0. The summed E-state index contributed by atoms with van der Waals surface area (Å²) in [6, 6.07) is 20.7. The highest BCUT2D eigenvalue weighted by molar-refractivity contribution is 7.98. The van der Waals surface area contributed by atoms with Gasteiger partial charge in [-0.3, -0.25) is 9.36 Å². The molecular weight excluding hydrogens is 477 g/mol. The van der Waals surface area contributed by atoms with E-state index in [-0.39, 0.29) is 17.9 Å². The highest BCUT2D eigenvalue weighted by Gasteiger charge is 2.17. The van der Waals surface area contributed by atoms with E-state index in [1.807, 2.05) is 34.9 Å². The lowest BCUT2D eigenvalue weighted by Crippen LogP contribution is -2.11. The van der Waals surface area contributed by atoms with E-state index in [1.165, 1.54) is 17.8 Å². The molecule has 170 valence electrons. The summed E-state index contributed by atoms with van der Waals surface area (Å²) in [5, 5.41) is 10.1. The number of nitrogens with zero attached hydrogens (tertiary/aromatic N) is 4. The van der Waals surface area contributed by atoms with Crippen LogP contribution >= 0.6 is 23.4 Å². The molecule has 0 aliphatic rings. The molecule has 0 aliphatic carbocycles. The molecule has 10 heteroatoms. The quantitative estimate of drug-likeness (QED) is 0.315. The lowest BCUT2D eigenvalue weighted by molar-refractivity contribution is 0.278. The van der Waals surface area contributed by atoms with E-state index in [1.54, 1.807) is 36.4 Å². The van der Waals surface area contributed by atoms with Crippen LogP contribution in [0.4, 0.5) is 4.39 Å². The van der Waals surface area contributed by atoms with Gasteiger partial charge in [-0.1, -0.05) is 53.7 Å². The van der Waals surface area contributed by atoms with Crippen molar-refractivity contribution in [1.29, 1.82) is 0 Å². The number of H-pyrrole nitrogens is 1. The minimum Gasteiger partial charge on any atom is -0.483 e. The van der Waals surface area contributed by atoms with Gasteiger partial charge in [-0.15, -0.1) is 10.2 Å². The minimum absolute atomic E-state index is 0.0208. The van der Waals surface area contributed by atoms with Crippen LogP contribution in [0.1, 0.15) is 11.6 Å². The van der Waals surface area contributed by atoms with E-state index in [0.717, 1.165) is 5.69 Å². The van der Waals surface area contributed by atoms with Gasteiger partial charge < -0.3 is 9.72 Å². The van der Waals surface area contributed by atoms with Crippen molar-refractivity contribution in [3.05, 3.63) is 106 Å². The number of fused-ring (bicyclic) bond motifs is 1. The van der Waals surface area contributed by atoms with Crippen LogP contribution in [0.25, 0.3) is 16.6 Å². The Morgan fingerprint density at radius 3 is 2.65 bits per heavy atom. The number of thioether (sulfide) groups is 1. The maximum Gasteiger partial charge on any atom is 0.258 e. The number of para-hydroxylation sites is 2. The number of benzene rings is 3. The average molecular weight is 494 g/mol. The van der Waals surface area contributed by atoms with E-state index >= 15 is 0 Å². The van der Waals surface area contributed by atoms with Gasteiger partial charge in [0, 0.05) is 10.7 Å². The lowest BCUT2D eigenvalue weighted by Gasteiger charge is -2.11. The molecular formula is C24H17ClFN5O2S. The highest BCUT2D eigenvalue weighted by Crippen LogP contribution is 2.26. The molecule has 0 atom stereocenters. The molecule has 0 spiro atoms. The molecule has 2 aromatic heterocycles. The van der Waals surface area contributed by atoms with Crippen molar-refractivity contribution in [1.82, 2.24) is 24.7 Å². The predicted octanol–water partition coefficient (Wildman–Crippen LogP) is 5.17. The first-order chi connectivity index (χ1) is 16.6. The Morgan fingerprint density at radius 2 is 1.82 bits per heavy atom. The Labute approximate surface area is 202 Å². The number of aromatic nitrogens is 5. The van der Waals surface area contributed by atoms with Crippen LogP contribution in [-0.2, 0) is 12.4 Å². The van der Waals surface area contributed by atoms with Crippen LogP contribution < -0.4 is 10.3 Å². The van der Waals surface area contributed by atoms with Crippen molar-refractivity contribution in [2.45, 2.75) is 17.5 Å². The van der Waals surface area contributed by atoms with Crippen LogP contribution in [0.2, 0.25) is 5.02 Å². The van der Waals surface area contributed by atoms with E-state index in [9.17, 15) is 9.18 Å². The largest absolute Gasteiger partial charge is 0.483 e. The van der Waals surface area contributed by atoms with Crippen LogP contribution in [0.3, 0.4) is 0 Å². The van der Waals surface area contributed by atoms with Crippen LogP contribution in [-0.4, -0.2) is 24.7 Å². The molecule has 0 amide bonds. The van der Waals surface area contributed by atoms with Crippen molar-refractivity contribution in [3.8, 4) is 11.4 Å². The highest BCUT2D eigenvalue weighted by atomic mass is 35.5. The fourth-order valence-corrected chi connectivity index (χ4v) is 4.40. The molecule has 0 aliphatic heterocycles. The van der Waals surface area contributed by atoms with Gasteiger partial charge in [-0.25, -0.2) is 9.37 Å². The van der Waals surface area contributed by atoms with Gasteiger partial charge in [0.15, 0.2) is 22.5 Å². The van der Waals surface area contributed by atoms with Crippen molar-refractivity contribution in [2.75, 3.05) is 0 Å². The molecule has 5 rings (SSSR count). The molecule has 5 aromatic rings. The maximum atomic E-state index is 14.0. The summed E-state index contributed by atoms with van der Waals surface area (Å²) in [4.78, 5) is 19.8. The standard InChI is InChI=1S/C24H17ClFN5O2S/c25-15-10-11-17-19(12-15)27-21(28-23(17)32)14-34-24-30-29-22(31(24)16-6-2-1-3-7-16)13-33-20-9-5-4-8-18(20)26/h1-12H,13-14H2,(H,27,28,32). The fourth-order valence-electron chi connectivity index (χ4n) is 3.39. The minimum atomic E-state index is -0.450. The summed E-state index contributed by atoms with van der Waals surface area (Å²) in [6.45, 7) is 0.0208. The zero-order valence-electron chi connectivity index (χ0n) is 17.6. The predicted molar refractivity (Wildman–Crippen MR) is 129 cm³/mol. The van der Waals surface area contributed by atoms with Gasteiger partial charge in [-0.05, 0) is 42.5 Å². The second kappa shape index (κ2) is 9.66. The number of aromatic amines is 1. The third-order valence-electron chi connectivity index (χ3n) is 4.96. The van der Waals surface area contributed by atoms with E-state index in [2.05, 4.69) is 20.2 Å². The molecule has 0 saturated carbocycles. The molecule has 3 aromatic carbocycles. The molecule has 0 unspecified atom stereocenters. The van der Waals surface area contributed by atoms with Crippen molar-refractivity contribution >= 4 is 34.3 Å². The average Bonchev–Trinajstić information content (AvgIpc) is 3.25. The topological polar surface area (TPSA) is 85.7 Å². The number of halogens is 2. The normalized spacial score (nSPS) is 11.1. The fraction of sp³-hybridized carbons (Fsp3) is 0.0833.